The molecule has 0 saturated carbocycles. The number of hydrogen-bond donors (Lipinski definition) is 1. The van der Waals surface area contributed by atoms with Crippen LogP contribution in [0.25, 0.3) is 5.76 Å². The molecule has 0 aromatic heterocycles. The van der Waals surface area contributed by atoms with E-state index in [0.717, 1.165) is 18.5 Å². The number of rotatable bonds is 11. The van der Waals surface area contributed by atoms with Crippen molar-refractivity contribution in [2.75, 3.05) is 33.8 Å². The lowest BCUT2D eigenvalue weighted by atomic mass is 9.95. The molecule has 1 aliphatic rings. The van der Waals surface area contributed by atoms with E-state index in [-0.39, 0.29) is 17.4 Å². The molecule has 0 aliphatic carbocycles. The van der Waals surface area contributed by atoms with E-state index in [1.165, 1.54) is 0 Å². The standard InChI is InChI=1S/C28H36N2O5/c1-6-18-34-22-12-10-21(11-13-22)26(31)24-25(20-8-14-23(15-9-20)35-19(2)3)30(28(33)27(24)32)17-7-16-29(4)5/h8-15,19,25,31H,6-7,16-18H2,1-5H3/b26-24+. The van der Waals surface area contributed by atoms with Gasteiger partial charge in [-0.1, -0.05) is 19.1 Å². The van der Waals surface area contributed by atoms with Crippen LogP contribution in [0.2, 0.25) is 0 Å². The molecule has 2 aromatic rings. The highest BCUT2D eigenvalue weighted by Gasteiger charge is 2.45. The lowest BCUT2D eigenvalue weighted by Gasteiger charge is -2.26. The first-order valence-corrected chi connectivity index (χ1v) is 12.2. The Morgan fingerprint density at radius 3 is 2.23 bits per heavy atom. The molecular weight excluding hydrogens is 444 g/mol. The Morgan fingerprint density at radius 2 is 1.66 bits per heavy atom. The smallest absolute Gasteiger partial charge is 0.295 e. The number of carbonyl (C=O) groups is 2. The van der Waals surface area contributed by atoms with Gasteiger partial charge < -0.3 is 24.4 Å². The molecule has 1 heterocycles. The van der Waals surface area contributed by atoms with E-state index >= 15 is 0 Å². The Morgan fingerprint density at radius 1 is 1.03 bits per heavy atom. The van der Waals surface area contributed by atoms with Crippen LogP contribution in [0.3, 0.4) is 0 Å². The predicted molar refractivity (Wildman–Crippen MR) is 137 cm³/mol. The van der Waals surface area contributed by atoms with Crippen LogP contribution in [0.4, 0.5) is 0 Å². The maximum Gasteiger partial charge on any atom is 0.295 e. The zero-order chi connectivity index (χ0) is 25.5. The molecule has 2 aromatic carbocycles. The van der Waals surface area contributed by atoms with Crippen LogP contribution < -0.4 is 9.47 Å². The van der Waals surface area contributed by atoms with Crippen molar-refractivity contribution in [1.29, 1.82) is 0 Å². The van der Waals surface area contributed by atoms with Crippen molar-refractivity contribution in [1.82, 2.24) is 9.80 Å². The van der Waals surface area contributed by atoms with E-state index in [1.54, 1.807) is 29.2 Å². The fourth-order valence-electron chi connectivity index (χ4n) is 4.10. The van der Waals surface area contributed by atoms with E-state index in [4.69, 9.17) is 9.47 Å². The van der Waals surface area contributed by atoms with Crippen molar-refractivity contribution < 1.29 is 24.2 Å². The van der Waals surface area contributed by atoms with E-state index < -0.39 is 17.7 Å². The Bertz CT molecular complexity index is 1040. The summed E-state index contributed by atoms with van der Waals surface area (Å²) in [5, 5.41) is 11.2. The van der Waals surface area contributed by atoms with Gasteiger partial charge in [0.25, 0.3) is 11.7 Å². The Kier molecular flexibility index (Phi) is 8.93. The number of hydrogen-bond acceptors (Lipinski definition) is 6. The van der Waals surface area contributed by atoms with Gasteiger partial charge in [0.05, 0.1) is 24.3 Å². The van der Waals surface area contributed by atoms with Crippen molar-refractivity contribution in [2.24, 2.45) is 0 Å². The third-order valence-corrected chi connectivity index (χ3v) is 5.71. The normalized spacial score (nSPS) is 17.5. The molecule has 7 heteroatoms. The lowest BCUT2D eigenvalue weighted by molar-refractivity contribution is -0.139. The molecule has 1 unspecified atom stereocenters. The number of aliphatic hydroxyl groups excluding tert-OH is 1. The number of Topliss-reactive ketones (excluding diaryl/α,β-unsaturated/α-hetero) is 1. The van der Waals surface area contributed by atoms with Gasteiger partial charge >= 0.3 is 0 Å². The van der Waals surface area contributed by atoms with E-state index in [0.29, 0.717) is 36.6 Å². The number of nitrogens with zero attached hydrogens (tertiary/aromatic N) is 2. The molecule has 1 amide bonds. The van der Waals surface area contributed by atoms with Crippen molar-refractivity contribution in [3.05, 3.63) is 65.2 Å². The van der Waals surface area contributed by atoms with E-state index in [2.05, 4.69) is 0 Å². The highest BCUT2D eigenvalue weighted by molar-refractivity contribution is 6.46. The van der Waals surface area contributed by atoms with Crippen molar-refractivity contribution in [3.8, 4) is 11.5 Å². The zero-order valence-electron chi connectivity index (χ0n) is 21.3. The Labute approximate surface area is 207 Å². The first kappa shape index (κ1) is 26.3. The molecule has 35 heavy (non-hydrogen) atoms. The van der Waals surface area contributed by atoms with Crippen LogP contribution in [-0.4, -0.2) is 66.5 Å². The third-order valence-electron chi connectivity index (χ3n) is 5.71. The second-order valence-corrected chi connectivity index (χ2v) is 9.26. The number of aliphatic hydroxyl groups is 1. The largest absolute Gasteiger partial charge is 0.507 e. The Balaban J connectivity index is 2.01. The maximum atomic E-state index is 13.2. The van der Waals surface area contributed by atoms with Crippen LogP contribution >= 0.6 is 0 Å². The van der Waals surface area contributed by atoms with Crippen molar-refractivity contribution in [2.45, 2.75) is 45.8 Å². The topological polar surface area (TPSA) is 79.3 Å². The number of likely N-dealkylation sites (tertiary alicyclic amines) is 1. The Hall–Kier alpha value is -3.32. The van der Waals surface area contributed by atoms with Gasteiger partial charge in [-0.3, -0.25) is 9.59 Å². The quantitative estimate of drug-likeness (QED) is 0.287. The van der Waals surface area contributed by atoms with Crippen LogP contribution in [0, 0.1) is 0 Å². The summed E-state index contributed by atoms with van der Waals surface area (Å²) in [7, 11) is 3.93. The molecule has 0 spiro atoms. The van der Waals surface area contributed by atoms with Gasteiger partial charge in [0.2, 0.25) is 0 Å². The lowest BCUT2D eigenvalue weighted by Crippen LogP contribution is -2.32. The van der Waals surface area contributed by atoms with Gasteiger partial charge in [-0.05, 0) is 89.3 Å². The summed E-state index contributed by atoms with van der Waals surface area (Å²) in [5.41, 5.74) is 1.30. The summed E-state index contributed by atoms with van der Waals surface area (Å²) in [5.74, 6) is -0.0688. The first-order chi connectivity index (χ1) is 16.7. The fraction of sp³-hybridized carbons (Fsp3) is 0.429. The first-order valence-electron chi connectivity index (χ1n) is 12.2. The molecule has 3 rings (SSSR count). The highest BCUT2D eigenvalue weighted by Crippen LogP contribution is 2.40. The van der Waals surface area contributed by atoms with E-state index in [9.17, 15) is 14.7 Å². The van der Waals surface area contributed by atoms with Crippen LogP contribution in [0.15, 0.2) is 54.1 Å². The minimum Gasteiger partial charge on any atom is -0.507 e. The van der Waals surface area contributed by atoms with Gasteiger partial charge in [0.1, 0.15) is 17.3 Å². The zero-order valence-corrected chi connectivity index (χ0v) is 21.3. The number of benzene rings is 2. The van der Waals surface area contributed by atoms with Crippen molar-refractivity contribution >= 4 is 17.4 Å². The summed E-state index contributed by atoms with van der Waals surface area (Å²) in [6.45, 7) is 7.70. The SMILES string of the molecule is CCCOc1ccc(/C(O)=C2\C(=O)C(=O)N(CCCN(C)C)C2c2ccc(OC(C)C)cc2)cc1. The number of amides is 1. The monoisotopic (exact) mass is 480 g/mol. The molecule has 1 atom stereocenters. The molecule has 0 bridgehead atoms. The van der Waals surface area contributed by atoms with Crippen LogP contribution in [-0.2, 0) is 9.59 Å². The molecule has 1 aliphatic heterocycles. The molecule has 1 N–H and O–H groups in total. The summed E-state index contributed by atoms with van der Waals surface area (Å²) in [6.07, 6.45) is 1.62. The van der Waals surface area contributed by atoms with Crippen LogP contribution in [0.1, 0.15) is 50.8 Å². The second kappa shape index (κ2) is 11.9. The number of ether oxygens (including phenoxy) is 2. The third kappa shape index (κ3) is 6.42. The summed E-state index contributed by atoms with van der Waals surface area (Å²) in [4.78, 5) is 29.8. The number of ketones is 1. The molecule has 1 saturated heterocycles. The fourth-order valence-corrected chi connectivity index (χ4v) is 4.10. The summed E-state index contributed by atoms with van der Waals surface area (Å²) >= 11 is 0. The van der Waals surface area contributed by atoms with Gasteiger partial charge in [-0.2, -0.15) is 0 Å². The van der Waals surface area contributed by atoms with Gasteiger partial charge in [0, 0.05) is 12.1 Å². The molecule has 1 fully saturated rings. The maximum absolute atomic E-state index is 13.2. The van der Waals surface area contributed by atoms with Gasteiger partial charge in [-0.25, -0.2) is 0 Å². The van der Waals surface area contributed by atoms with Gasteiger partial charge in [0.15, 0.2) is 0 Å². The molecule has 0 radical (unpaired) electrons. The highest BCUT2D eigenvalue weighted by atomic mass is 16.5. The number of carbonyl (C=O) groups excluding carboxylic acids is 2. The second-order valence-electron chi connectivity index (χ2n) is 9.26. The molecule has 7 nitrogen and oxygen atoms in total. The minimum absolute atomic E-state index is 0.0294. The molecular formula is C28H36N2O5. The summed E-state index contributed by atoms with van der Waals surface area (Å²) < 4.78 is 11.4. The summed E-state index contributed by atoms with van der Waals surface area (Å²) in [6, 6.07) is 13.6. The average molecular weight is 481 g/mol. The van der Waals surface area contributed by atoms with Gasteiger partial charge in [-0.15, -0.1) is 0 Å². The van der Waals surface area contributed by atoms with Crippen LogP contribution in [0.5, 0.6) is 11.5 Å². The minimum atomic E-state index is -0.679. The van der Waals surface area contributed by atoms with Crippen molar-refractivity contribution in [3.63, 3.8) is 0 Å². The molecule has 188 valence electrons. The average Bonchev–Trinajstić information content (AvgIpc) is 3.07. The predicted octanol–water partition coefficient (Wildman–Crippen LogP) is 4.64. The van der Waals surface area contributed by atoms with E-state index in [1.807, 2.05) is 64.0 Å².